The average Bonchev–Trinajstić information content (AvgIpc) is 2.13. The van der Waals surface area contributed by atoms with Gasteiger partial charge in [0.15, 0.2) is 0 Å². The van der Waals surface area contributed by atoms with E-state index < -0.39 is 21.7 Å². The molecule has 0 aliphatic rings. The normalized spacial score (nSPS) is 13.8. The Bertz CT molecular complexity index is 433. The van der Waals surface area contributed by atoms with Crippen molar-refractivity contribution in [1.82, 2.24) is 10.3 Å². The minimum atomic E-state index is -3.11. The molecule has 1 unspecified atom stereocenters. The van der Waals surface area contributed by atoms with Crippen LogP contribution in [0.4, 0.5) is 4.39 Å². The highest BCUT2D eigenvalue weighted by Gasteiger charge is 2.16. The van der Waals surface area contributed by atoms with Crippen molar-refractivity contribution in [1.29, 1.82) is 0 Å². The number of pyridine rings is 1. The summed E-state index contributed by atoms with van der Waals surface area (Å²) in [5, 5.41) is 2.82. The van der Waals surface area contributed by atoms with Gasteiger partial charge in [-0.1, -0.05) is 0 Å². The van der Waals surface area contributed by atoms with Crippen LogP contribution in [0.3, 0.4) is 0 Å². The summed E-state index contributed by atoms with van der Waals surface area (Å²) in [4.78, 5) is 3.67. The Balaban J connectivity index is 2.93. The maximum Gasteiger partial charge on any atom is 0.149 e. The molecule has 1 atom stereocenters. The van der Waals surface area contributed by atoms with Gasteiger partial charge in [-0.2, -0.15) is 0 Å². The SMILES string of the molecule is CNC(CS(C)(=O)=O)c1cncc(F)c1. The van der Waals surface area contributed by atoms with Crippen LogP contribution in [-0.2, 0) is 9.84 Å². The van der Waals surface area contributed by atoms with Gasteiger partial charge in [0, 0.05) is 18.5 Å². The molecule has 0 fully saturated rings. The molecule has 84 valence electrons. The molecule has 1 heterocycles. The van der Waals surface area contributed by atoms with E-state index in [0.717, 1.165) is 12.5 Å². The molecule has 1 aromatic rings. The Kier molecular flexibility index (Phi) is 3.76. The molecule has 1 rings (SSSR count). The van der Waals surface area contributed by atoms with Crippen LogP contribution in [0.25, 0.3) is 0 Å². The third kappa shape index (κ3) is 3.93. The van der Waals surface area contributed by atoms with Gasteiger partial charge in [0.1, 0.15) is 15.7 Å². The summed E-state index contributed by atoms with van der Waals surface area (Å²) in [5.74, 6) is -0.546. The zero-order chi connectivity index (χ0) is 11.5. The largest absolute Gasteiger partial charge is 0.312 e. The molecular formula is C9H13FN2O2S. The monoisotopic (exact) mass is 232 g/mol. The van der Waals surface area contributed by atoms with Crippen molar-refractivity contribution in [2.24, 2.45) is 0 Å². The van der Waals surface area contributed by atoms with Crippen LogP contribution in [0.2, 0.25) is 0 Å². The zero-order valence-electron chi connectivity index (χ0n) is 8.57. The van der Waals surface area contributed by atoms with E-state index in [1.807, 2.05) is 0 Å². The molecular weight excluding hydrogens is 219 g/mol. The van der Waals surface area contributed by atoms with Gasteiger partial charge in [-0.05, 0) is 18.7 Å². The van der Waals surface area contributed by atoms with Crippen molar-refractivity contribution in [2.75, 3.05) is 19.1 Å². The Morgan fingerprint density at radius 3 is 2.67 bits per heavy atom. The lowest BCUT2D eigenvalue weighted by atomic mass is 10.1. The zero-order valence-corrected chi connectivity index (χ0v) is 9.38. The Labute approximate surface area is 88.5 Å². The van der Waals surface area contributed by atoms with E-state index in [4.69, 9.17) is 0 Å². The number of hydrogen-bond donors (Lipinski definition) is 1. The van der Waals surface area contributed by atoms with E-state index in [-0.39, 0.29) is 5.75 Å². The third-order valence-electron chi connectivity index (χ3n) is 1.95. The molecule has 0 spiro atoms. The fourth-order valence-corrected chi connectivity index (χ4v) is 2.23. The number of sulfone groups is 1. The first-order valence-corrected chi connectivity index (χ1v) is 6.44. The van der Waals surface area contributed by atoms with Crippen molar-refractivity contribution in [2.45, 2.75) is 6.04 Å². The summed E-state index contributed by atoms with van der Waals surface area (Å²) in [6.45, 7) is 0. The van der Waals surface area contributed by atoms with Gasteiger partial charge in [-0.15, -0.1) is 0 Å². The number of rotatable bonds is 4. The lowest BCUT2D eigenvalue weighted by Crippen LogP contribution is -2.24. The summed E-state index contributed by atoms with van der Waals surface area (Å²) >= 11 is 0. The smallest absolute Gasteiger partial charge is 0.149 e. The van der Waals surface area contributed by atoms with Crippen LogP contribution >= 0.6 is 0 Å². The summed E-state index contributed by atoms with van der Waals surface area (Å²) in [6.07, 6.45) is 3.68. The van der Waals surface area contributed by atoms with Crippen molar-refractivity contribution in [3.63, 3.8) is 0 Å². The second-order valence-electron chi connectivity index (χ2n) is 3.37. The molecule has 4 nitrogen and oxygen atoms in total. The van der Waals surface area contributed by atoms with E-state index in [0.29, 0.717) is 5.56 Å². The second-order valence-corrected chi connectivity index (χ2v) is 5.56. The van der Waals surface area contributed by atoms with Crippen molar-refractivity contribution in [3.8, 4) is 0 Å². The van der Waals surface area contributed by atoms with Crippen molar-refractivity contribution in [3.05, 3.63) is 29.8 Å². The minimum Gasteiger partial charge on any atom is -0.312 e. The van der Waals surface area contributed by atoms with Gasteiger partial charge in [0.25, 0.3) is 0 Å². The van der Waals surface area contributed by atoms with Crippen molar-refractivity contribution >= 4 is 9.84 Å². The highest BCUT2D eigenvalue weighted by Crippen LogP contribution is 2.14. The molecule has 0 saturated heterocycles. The summed E-state index contributed by atoms with van der Waals surface area (Å²) < 4.78 is 35.1. The number of hydrogen-bond acceptors (Lipinski definition) is 4. The molecule has 0 aliphatic carbocycles. The van der Waals surface area contributed by atoms with E-state index in [1.54, 1.807) is 7.05 Å². The van der Waals surface area contributed by atoms with Crippen LogP contribution in [0.5, 0.6) is 0 Å². The molecule has 1 aromatic heterocycles. The fourth-order valence-electron chi connectivity index (χ4n) is 1.27. The van der Waals surface area contributed by atoms with Gasteiger partial charge in [-0.3, -0.25) is 4.98 Å². The molecule has 0 saturated carbocycles. The molecule has 6 heteroatoms. The van der Waals surface area contributed by atoms with Gasteiger partial charge in [0.2, 0.25) is 0 Å². The quantitative estimate of drug-likeness (QED) is 0.822. The topological polar surface area (TPSA) is 59.1 Å². The number of aromatic nitrogens is 1. The van der Waals surface area contributed by atoms with Crippen molar-refractivity contribution < 1.29 is 12.8 Å². The van der Waals surface area contributed by atoms with Crippen LogP contribution in [0.1, 0.15) is 11.6 Å². The van der Waals surface area contributed by atoms with E-state index in [2.05, 4.69) is 10.3 Å². The van der Waals surface area contributed by atoms with Gasteiger partial charge in [0.05, 0.1) is 11.9 Å². The van der Waals surface area contributed by atoms with Gasteiger partial charge in [-0.25, -0.2) is 12.8 Å². The van der Waals surface area contributed by atoms with Gasteiger partial charge >= 0.3 is 0 Å². The highest BCUT2D eigenvalue weighted by molar-refractivity contribution is 7.90. The number of halogens is 1. The lowest BCUT2D eigenvalue weighted by molar-refractivity contribution is 0.572. The Morgan fingerprint density at radius 1 is 1.53 bits per heavy atom. The number of nitrogens with zero attached hydrogens (tertiary/aromatic N) is 1. The molecule has 0 aromatic carbocycles. The molecule has 0 radical (unpaired) electrons. The molecule has 1 N–H and O–H groups in total. The predicted molar refractivity (Wildman–Crippen MR) is 55.7 cm³/mol. The predicted octanol–water partition coefficient (Wildman–Crippen LogP) is 0.526. The first-order valence-electron chi connectivity index (χ1n) is 4.38. The van der Waals surface area contributed by atoms with Crippen LogP contribution in [0, 0.1) is 5.82 Å². The van der Waals surface area contributed by atoms with Crippen LogP contribution in [-0.4, -0.2) is 32.5 Å². The highest BCUT2D eigenvalue weighted by atomic mass is 32.2. The molecule has 0 aliphatic heterocycles. The summed E-state index contributed by atoms with van der Waals surface area (Å²) in [6, 6.07) is 0.850. The Hall–Kier alpha value is -1.01. The van der Waals surface area contributed by atoms with E-state index in [1.165, 1.54) is 12.3 Å². The van der Waals surface area contributed by atoms with Gasteiger partial charge < -0.3 is 5.32 Å². The number of nitrogens with one attached hydrogen (secondary N) is 1. The first-order chi connectivity index (χ1) is 6.92. The van der Waals surface area contributed by atoms with E-state index >= 15 is 0 Å². The van der Waals surface area contributed by atoms with Crippen LogP contribution in [0.15, 0.2) is 18.5 Å². The van der Waals surface area contributed by atoms with Crippen LogP contribution < -0.4 is 5.32 Å². The maximum absolute atomic E-state index is 12.9. The second kappa shape index (κ2) is 4.67. The summed E-state index contributed by atoms with van der Waals surface area (Å²) in [5.41, 5.74) is 0.530. The molecule has 15 heavy (non-hydrogen) atoms. The standard InChI is InChI=1S/C9H13FN2O2S/c1-11-9(6-15(2,13)14)7-3-8(10)5-12-4-7/h3-5,9,11H,6H2,1-2H3. The summed E-state index contributed by atoms with van der Waals surface area (Å²) in [7, 11) is -1.48. The fraction of sp³-hybridized carbons (Fsp3) is 0.444. The maximum atomic E-state index is 12.9. The molecule has 0 amide bonds. The third-order valence-corrected chi connectivity index (χ3v) is 2.89. The molecule has 0 bridgehead atoms. The lowest BCUT2D eigenvalue weighted by Gasteiger charge is -2.14. The average molecular weight is 232 g/mol. The minimum absolute atomic E-state index is 0.0748. The Morgan fingerprint density at radius 2 is 2.20 bits per heavy atom. The van der Waals surface area contributed by atoms with E-state index in [9.17, 15) is 12.8 Å². The first kappa shape index (κ1) is 12.1.